The van der Waals surface area contributed by atoms with Crippen LogP contribution in [0.15, 0.2) is 24.3 Å². The van der Waals surface area contributed by atoms with E-state index >= 15 is 0 Å². The van der Waals surface area contributed by atoms with Crippen LogP contribution in [0.1, 0.15) is 51.0 Å². The molecule has 1 saturated carbocycles. The van der Waals surface area contributed by atoms with Crippen molar-refractivity contribution in [1.82, 2.24) is 5.32 Å². The van der Waals surface area contributed by atoms with Crippen molar-refractivity contribution >= 4 is 11.6 Å². The highest BCUT2D eigenvalue weighted by Crippen LogP contribution is 2.30. The smallest absolute Gasteiger partial charge is 0.0657 e. The van der Waals surface area contributed by atoms with E-state index in [1.807, 2.05) is 31.2 Å². The van der Waals surface area contributed by atoms with Gasteiger partial charge in [-0.2, -0.15) is 0 Å². The first-order chi connectivity index (χ1) is 9.15. The van der Waals surface area contributed by atoms with E-state index in [1.54, 1.807) is 0 Å². The molecular formula is C16H24ClNO. The first kappa shape index (κ1) is 14.8. The number of benzene rings is 1. The molecule has 106 valence electrons. The molecule has 0 aliphatic heterocycles. The maximum Gasteiger partial charge on any atom is 0.0657 e. The fourth-order valence-corrected chi connectivity index (χ4v) is 3.34. The number of rotatable bonds is 4. The number of aliphatic hydroxyl groups excluding tert-OH is 1. The van der Waals surface area contributed by atoms with E-state index in [1.165, 1.54) is 38.5 Å². The average molecular weight is 282 g/mol. The molecule has 1 aliphatic rings. The second kappa shape index (κ2) is 6.74. The molecule has 0 amide bonds. The van der Waals surface area contributed by atoms with Crippen LogP contribution in [0.4, 0.5) is 0 Å². The molecule has 1 unspecified atom stereocenters. The van der Waals surface area contributed by atoms with Gasteiger partial charge in [-0.1, -0.05) is 55.5 Å². The summed E-state index contributed by atoms with van der Waals surface area (Å²) >= 11 is 6.29. The molecule has 0 bridgehead atoms. The van der Waals surface area contributed by atoms with Gasteiger partial charge in [0.1, 0.15) is 0 Å². The van der Waals surface area contributed by atoms with Gasteiger partial charge in [0.15, 0.2) is 0 Å². The average Bonchev–Trinajstić information content (AvgIpc) is 2.67. The summed E-state index contributed by atoms with van der Waals surface area (Å²) in [4.78, 5) is 0. The van der Waals surface area contributed by atoms with Crippen LogP contribution in [0.2, 0.25) is 5.02 Å². The predicted octanol–water partition coefficient (Wildman–Crippen LogP) is 3.86. The zero-order chi connectivity index (χ0) is 13.7. The molecule has 0 saturated heterocycles. The van der Waals surface area contributed by atoms with Crippen LogP contribution >= 0.6 is 11.6 Å². The number of nitrogens with one attached hydrogen (secondary N) is 1. The van der Waals surface area contributed by atoms with Crippen LogP contribution in [0.25, 0.3) is 0 Å². The van der Waals surface area contributed by atoms with Crippen molar-refractivity contribution in [1.29, 1.82) is 0 Å². The summed E-state index contributed by atoms with van der Waals surface area (Å²) in [5.74, 6) is 0. The zero-order valence-electron chi connectivity index (χ0n) is 11.7. The third kappa shape index (κ3) is 3.71. The van der Waals surface area contributed by atoms with Crippen LogP contribution < -0.4 is 5.32 Å². The lowest BCUT2D eigenvalue weighted by Gasteiger charge is -2.34. The maximum atomic E-state index is 9.84. The van der Waals surface area contributed by atoms with Crippen molar-refractivity contribution in [2.24, 2.45) is 0 Å². The minimum absolute atomic E-state index is 0.0627. The van der Waals surface area contributed by atoms with Crippen LogP contribution in [-0.2, 0) is 5.54 Å². The van der Waals surface area contributed by atoms with Gasteiger partial charge in [0.25, 0.3) is 0 Å². The Hall–Kier alpha value is -0.570. The van der Waals surface area contributed by atoms with Gasteiger partial charge in [0.2, 0.25) is 0 Å². The van der Waals surface area contributed by atoms with E-state index in [2.05, 4.69) is 5.32 Å². The Morgan fingerprint density at radius 1 is 1.21 bits per heavy atom. The van der Waals surface area contributed by atoms with Gasteiger partial charge in [-0.25, -0.2) is 0 Å². The Morgan fingerprint density at radius 2 is 1.84 bits per heavy atom. The van der Waals surface area contributed by atoms with Crippen molar-refractivity contribution in [2.45, 2.75) is 57.0 Å². The molecule has 3 heteroatoms. The number of aliphatic hydroxyl groups is 1. The fraction of sp³-hybridized carbons (Fsp3) is 0.625. The third-order valence-corrected chi connectivity index (χ3v) is 4.49. The minimum atomic E-state index is -0.451. The third-order valence-electron chi connectivity index (χ3n) is 4.16. The van der Waals surface area contributed by atoms with Crippen molar-refractivity contribution in [2.75, 3.05) is 6.61 Å². The van der Waals surface area contributed by atoms with Crippen molar-refractivity contribution in [3.05, 3.63) is 34.9 Å². The molecule has 0 radical (unpaired) electrons. The van der Waals surface area contributed by atoms with Gasteiger partial charge in [0.05, 0.1) is 12.1 Å². The Bertz CT molecular complexity index is 401. The summed E-state index contributed by atoms with van der Waals surface area (Å²) in [6, 6.07) is 8.27. The summed E-state index contributed by atoms with van der Waals surface area (Å²) in [6.45, 7) is 2.10. The summed E-state index contributed by atoms with van der Waals surface area (Å²) in [5.41, 5.74) is 0.538. The first-order valence-electron chi connectivity index (χ1n) is 7.29. The molecule has 1 atom stereocenters. The Kier molecular flexibility index (Phi) is 5.26. The van der Waals surface area contributed by atoms with E-state index in [-0.39, 0.29) is 6.61 Å². The van der Waals surface area contributed by atoms with Gasteiger partial charge in [0, 0.05) is 11.1 Å². The second-order valence-electron chi connectivity index (χ2n) is 5.80. The van der Waals surface area contributed by atoms with Crippen molar-refractivity contribution in [3.63, 3.8) is 0 Å². The van der Waals surface area contributed by atoms with Gasteiger partial charge in [-0.05, 0) is 31.4 Å². The number of halogens is 1. The fourth-order valence-electron chi connectivity index (χ4n) is 2.99. The lowest BCUT2D eigenvalue weighted by atomic mass is 9.90. The topological polar surface area (TPSA) is 32.3 Å². The molecule has 2 nitrogen and oxygen atoms in total. The SMILES string of the molecule is CC(CO)(NC1CCCCCC1)c1ccccc1Cl. The molecule has 0 heterocycles. The number of hydrogen-bond acceptors (Lipinski definition) is 2. The Labute approximate surface area is 121 Å². The minimum Gasteiger partial charge on any atom is -0.394 e. The largest absolute Gasteiger partial charge is 0.394 e. The molecule has 2 rings (SSSR count). The van der Waals surface area contributed by atoms with Gasteiger partial charge < -0.3 is 10.4 Å². The van der Waals surface area contributed by atoms with E-state index in [0.29, 0.717) is 6.04 Å². The monoisotopic (exact) mass is 281 g/mol. The Morgan fingerprint density at radius 3 is 2.42 bits per heavy atom. The van der Waals surface area contributed by atoms with Crippen LogP contribution in [-0.4, -0.2) is 17.8 Å². The van der Waals surface area contributed by atoms with E-state index < -0.39 is 5.54 Å². The highest BCUT2D eigenvalue weighted by molar-refractivity contribution is 6.31. The van der Waals surface area contributed by atoms with Crippen LogP contribution in [0.3, 0.4) is 0 Å². The standard InChI is InChI=1S/C16H24ClNO/c1-16(12-19,14-10-6-7-11-15(14)17)18-13-8-4-2-3-5-9-13/h6-7,10-11,13,18-19H,2-5,8-9,12H2,1H3. The van der Waals surface area contributed by atoms with Gasteiger partial charge >= 0.3 is 0 Å². The summed E-state index contributed by atoms with van der Waals surface area (Å²) < 4.78 is 0. The molecule has 0 spiro atoms. The van der Waals surface area contributed by atoms with E-state index in [9.17, 15) is 5.11 Å². The Balaban J connectivity index is 2.15. The molecular weight excluding hydrogens is 258 g/mol. The predicted molar refractivity (Wildman–Crippen MR) is 80.5 cm³/mol. The highest BCUT2D eigenvalue weighted by Gasteiger charge is 2.30. The van der Waals surface area contributed by atoms with Crippen LogP contribution in [0, 0.1) is 0 Å². The van der Waals surface area contributed by atoms with Crippen molar-refractivity contribution in [3.8, 4) is 0 Å². The molecule has 2 N–H and O–H groups in total. The highest BCUT2D eigenvalue weighted by atomic mass is 35.5. The molecule has 1 aliphatic carbocycles. The molecule has 1 aromatic rings. The van der Waals surface area contributed by atoms with Gasteiger partial charge in [-0.3, -0.25) is 0 Å². The number of hydrogen-bond donors (Lipinski definition) is 2. The molecule has 0 aromatic heterocycles. The lowest BCUT2D eigenvalue weighted by Crippen LogP contribution is -2.48. The maximum absolute atomic E-state index is 9.84. The summed E-state index contributed by atoms with van der Waals surface area (Å²) in [5, 5.41) is 14.2. The molecule has 19 heavy (non-hydrogen) atoms. The lowest BCUT2D eigenvalue weighted by molar-refractivity contribution is 0.157. The van der Waals surface area contributed by atoms with E-state index in [0.717, 1.165) is 10.6 Å². The zero-order valence-corrected chi connectivity index (χ0v) is 12.4. The van der Waals surface area contributed by atoms with Crippen molar-refractivity contribution < 1.29 is 5.11 Å². The quantitative estimate of drug-likeness (QED) is 0.822. The summed E-state index contributed by atoms with van der Waals surface area (Å²) in [7, 11) is 0. The molecule has 1 aromatic carbocycles. The normalized spacial score (nSPS) is 20.8. The van der Waals surface area contributed by atoms with E-state index in [4.69, 9.17) is 11.6 Å². The second-order valence-corrected chi connectivity index (χ2v) is 6.21. The van der Waals surface area contributed by atoms with Gasteiger partial charge in [-0.15, -0.1) is 0 Å². The van der Waals surface area contributed by atoms with Crippen LogP contribution in [0.5, 0.6) is 0 Å². The molecule has 1 fully saturated rings. The summed E-state index contributed by atoms with van der Waals surface area (Å²) in [6.07, 6.45) is 7.61. The first-order valence-corrected chi connectivity index (χ1v) is 7.67.